The second-order valence-corrected chi connectivity index (χ2v) is 5.57. The van der Waals surface area contributed by atoms with Crippen molar-refractivity contribution in [2.75, 3.05) is 13.2 Å². The fraction of sp³-hybridized carbons (Fsp3) is 0.200. The third-order valence-corrected chi connectivity index (χ3v) is 3.31. The quantitative estimate of drug-likeness (QED) is 0.602. The van der Waals surface area contributed by atoms with Gasteiger partial charge in [-0.2, -0.15) is 0 Å². The van der Waals surface area contributed by atoms with Crippen molar-refractivity contribution >= 4 is 17.9 Å². The zero-order chi connectivity index (χ0) is 18.1. The van der Waals surface area contributed by atoms with Crippen molar-refractivity contribution in [3.63, 3.8) is 0 Å². The molecule has 0 spiro atoms. The van der Waals surface area contributed by atoms with Crippen LogP contribution in [0.3, 0.4) is 0 Å². The van der Waals surface area contributed by atoms with E-state index in [4.69, 9.17) is 4.74 Å². The largest absolute Gasteiger partial charge is 0.492 e. The molecule has 0 aliphatic heterocycles. The Kier molecular flexibility index (Phi) is 6.77. The van der Waals surface area contributed by atoms with E-state index >= 15 is 0 Å². The van der Waals surface area contributed by atoms with Crippen molar-refractivity contribution in [2.24, 2.45) is 0 Å². The van der Waals surface area contributed by atoms with E-state index in [-0.39, 0.29) is 17.5 Å². The van der Waals surface area contributed by atoms with Crippen molar-refractivity contribution < 1.29 is 14.3 Å². The molecule has 0 atom stereocenters. The minimum absolute atomic E-state index is 0.203. The minimum atomic E-state index is -0.355. The number of hydrogen-bond acceptors (Lipinski definition) is 3. The third kappa shape index (κ3) is 6.51. The van der Waals surface area contributed by atoms with Gasteiger partial charge in [-0.05, 0) is 36.3 Å². The summed E-state index contributed by atoms with van der Waals surface area (Å²) >= 11 is 0. The van der Waals surface area contributed by atoms with Crippen LogP contribution in [0.25, 0.3) is 6.08 Å². The second-order valence-electron chi connectivity index (χ2n) is 5.57. The van der Waals surface area contributed by atoms with Crippen molar-refractivity contribution in [1.82, 2.24) is 10.6 Å². The van der Waals surface area contributed by atoms with Crippen LogP contribution in [0, 0.1) is 6.92 Å². The summed E-state index contributed by atoms with van der Waals surface area (Å²) in [6.07, 6.45) is 1.64. The van der Waals surface area contributed by atoms with Gasteiger partial charge >= 0.3 is 0 Å². The van der Waals surface area contributed by atoms with Crippen molar-refractivity contribution in [3.05, 3.63) is 71.4 Å². The van der Waals surface area contributed by atoms with E-state index in [2.05, 4.69) is 10.6 Å². The normalized spacial score (nSPS) is 10.9. The first-order valence-corrected chi connectivity index (χ1v) is 8.06. The molecule has 2 N–H and O–H groups in total. The molecule has 2 amide bonds. The van der Waals surface area contributed by atoms with Gasteiger partial charge in [-0.25, -0.2) is 0 Å². The van der Waals surface area contributed by atoms with E-state index in [1.54, 1.807) is 6.08 Å². The van der Waals surface area contributed by atoms with Gasteiger partial charge in [0.25, 0.3) is 5.91 Å². The molecular formula is C20H22N2O3. The first kappa shape index (κ1) is 18.3. The second kappa shape index (κ2) is 9.27. The molecule has 0 unspecified atom stereocenters. The van der Waals surface area contributed by atoms with Gasteiger partial charge in [0.2, 0.25) is 5.91 Å². The maximum absolute atomic E-state index is 12.3. The number of carbonyl (C=O) groups is 2. The average molecular weight is 338 g/mol. The smallest absolute Gasteiger partial charge is 0.267 e. The van der Waals surface area contributed by atoms with E-state index in [0.717, 1.165) is 16.9 Å². The Morgan fingerprint density at radius 2 is 1.84 bits per heavy atom. The lowest BCUT2D eigenvalue weighted by Gasteiger charge is -2.11. The van der Waals surface area contributed by atoms with Crippen LogP contribution in [0.2, 0.25) is 0 Å². The lowest BCUT2D eigenvalue weighted by molar-refractivity contribution is -0.122. The Morgan fingerprint density at radius 3 is 2.52 bits per heavy atom. The Hall–Kier alpha value is -3.08. The van der Waals surface area contributed by atoms with E-state index in [1.165, 1.54) is 6.92 Å². The standard InChI is InChI=1S/C20H22N2O3/c1-15-7-6-10-18(13-15)25-12-11-21-20(24)19(22-16(2)23)14-17-8-4-3-5-9-17/h3-10,13-14H,11-12H2,1-2H3,(H,21,24)(H,22,23)/b19-14-. The lowest BCUT2D eigenvalue weighted by atomic mass is 10.2. The summed E-state index contributed by atoms with van der Waals surface area (Å²) in [6, 6.07) is 17.0. The van der Waals surface area contributed by atoms with Crippen LogP contribution in [-0.4, -0.2) is 25.0 Å². The Labute approximate surface area is 147 Å². The monoisotopic (exact) mass is 338 g/mol. The molecular weight excluding hydrogens is 316 g/mol. The number of aryl methyl sites for hydroxylation is 1. The SMILES string of the molecule is CC(=O)N/C(=C\c1ccccc1)C(=O)NCCOc1cccc(C)c1. The molecule has 0 aliphatic carbocycles. The minimum Gasteiger partial charge on any atom is -0.492 e. The van der Waals surface area contributed by atoms with Crippen LogP contribution in [0.15, 0.2) is 60.3 Å². The van der Waals surface area contributed by atoms with Crippen LogP contribution in [0.4, 0.5) is 0 Å². The molecule has 5 heteroatoms. The Balaban J connectivity index is 1.91. The fourth-order valence-electron chi connectivity index (χ4n) is 2.20. The van der Waals surface area contributed by atoms with Crippen molar-refractivity contribution in [3.8, 4) is 5.75 Å². The highest BCUT2D eigenvalue weighted by Crippen LogP contribution is 2.11. The van der Waals surface area contributed by atoms with Crippen LogP contribution in [-0.2, 0) is 9.59 Å². The topological polar surface area (TPSA) is 67.4 Å². The van der Waals surface area contributed by atoms with Crippen LogP contribution in [0.5, 0.6) is 5.75 Å². The molecule has 0 saturated heterocycles. The summed E-state index contributed by atoms with van der Waals surface area (Å²) < 4.78 is 5.59. The Bertz CT molecular complexity index is 755. The van der Waals surface area contributed by atoms with Gasteiger partial charge in [0.1, 0.15) is 18.1 Å². The molecule has 2 rings (SSSR count). The summed E-state index contributed by atoms with van der Waals surface area (Å²) in [5.74, 6) is 0.108. The van der Waals surface area contributed by atoms with Gasteiger partial charge < -0.3 is 15.4 Å². The van der Waals surface area contributed by atoms with Crippen LogP contribution in [0.1, 0.15) is 18.1 Å². The van der Waals surface area contributed by atoms with Gasteiger partial charge in [-0.15, -0.1) is 0 Å². The van der Waals surface area contributed by atoms with Crippen LogP contribution >= 0.6 is 0 Å². The molecule has 5 nitrogen and oxygen atoms in total. The van der Waals surface area contributed by atoms with Gasteiger partial charge in [0, 0.05) is 6.92 Å². The molecule has 0 saturated carbocycles. The van der Waals surface area contributed by atoms with Gasteiger partial charge in [0.15, 0.2) is 0 Å². The van der Waals surface area contributed by atoms with Gasteiger partial charge in [-0.1, -0.05) is 42.5 Å². The van der Waals surface area contributed by atoms with Crippen molar-refractivity contribution in [1.29, 1.82) is 0 Å². The summed E-state index contributed by atoms with van der Waals surface area (Å²) in [7, 11) is 0. The zero-order valence-corrected chi connectivity index (χ0v) is 14.4. The summed E-state index contributed by atoms with van der Waals surface area (Å²) in [5.41, 5.74) is 2.15. The molecule has 0 radical (unpaired) electrons. The van der Waals surface area contributed by atoms with Crippen LogP contribution < -0.4 is 15.4 Å². The maximum atomic E-state index is 12.3. The molecule has 0 aromatic heterocycles. The number of hydrogen-bond donors (Lipinski definition) is 2. The van der Waals surface area contributed by atoms with Crippen molar-refractivity contribution in [2.45, 2.75) is 13.8 Å². The molecule has 25 heavy (non-hydrogen) atoms. The highest BCUT2D eigenvalue weighted by Gasteiger charge is 2.10. The molecule has 0 bridgehead atoms. The van der Waals surface area contributed by atoms with E-state index < -0.39 is 0 Å². The number of nitrogens with one attached hydrogen (secondary N) is 2. The highest BCUT2D eigenvalue weighted by molar-refractivity contribution is 6.00. The predicted octanol–water partition coefficient (Wildman–Crippen LogP) is 2.67. The lowest BCUT2D eigenvalue weighted by Crippen LogP contribution is -2.35. The number of carbonyl (C=O) groups excluding carboxylic acids is 2. The number of amides is 2. The first-order chi connectivity index (χ1) is 12.0. The number of ether oxygens (including phenoxy) is 1. The number of benzene rings is 2. The Morgan fingerprint density at radius 1 is 1.08 bits per heavy atom. The van der Waals surface area contributed by atoms with E-state index in [1.807, 2.05) is 61.5 Å². The van der Waals surface area contributed by atoms with E-state index in [9.17, 15) is 9.59 Å². The fourth-order valence-corrected chi connectivity index (χ4v) is 2.20. The molecule has 0 fully saturated rings. The first-order valence-electron chi connectivity index (χ1n) is 8.06. The summed E-state index contributed by atoms with van der Waals surface area (Å²) in [5, 5.41) is 5.31. The number of rotatable bonds is 7. The molecule has 0 heterocycles. The predicted molar refractivity (Wildman–Crippen MR) is 97.9 cm³/mol. The molecule has 130 valence electrons. The highest BCUT2D eigenvalue weighted by atomic mass is 16.5. The maximum Gasteiger partial charge on any atom is 0.267 e. The third-order valence-electron chi connectivity index (χ3n) is 3.31. The summed E-state index contributed by atoms with van der Waals surface area (Å²) in [4.78, 5) is 23.6. The molecule has 2 aromatic carbocycles. The summed E-state index contributed by atoms with van der Waals surface area (Å²) in [6.45, 7) is 4.03. The molecule has 0 aliphatic rings. The van der Waals surface area contributed by atoms with Gasteiger partial charge in [-0.3, -0.25) is 9.59 Å². The molecule has 2 aromatic rings. The average Bonchev–Trinajstić information content (AvgIpc) is 2.58. The zero-order valence-electron chi connectivity index (χ0n) is 14.4. The van der Waals surface area contributed by atoms with Gasteiger partial charge in [0.05, 0.1) is 6.54 Å². The van der Waals surface area contributed by atoms with E-state index in [0.29, 0.717) is 13.2 Å².